The molecule has 0 atom stereocenters. The van der Waals surface area contributed by atoms with Gasteiger partial charge in [0, 0.05) is 6.20 Å². The number of aromatic nitrogens is 1. The van der Waals surface area contributed by atoms with E-state index in [1.807, 2.05) is 38.1 Å². The number of benzene rings is 2. The zero-order valence-corrected chi connectivity index (χ0v) is 15.5. The van der Waals surface area contributed by atoms with Gasteiger partial charge in [-0.1, -0.05) is 42.0 Å². The van der Waals surface area contributed by atoms with Gasteiger partial charge in [0.2, 0.25) is 0 Å². The van der Waals surface area contributed by atoms with Crippen LogP contribution in [0, 0.1) is 13.8 Å². The standard InChI is InChI=1S/C20H20N2O3S/c1-15-9-11-18(12-10-15)26(23,24)22-20-19(8-5-13-21-20)25-14-17-7-4-3-6-16(17)2/h3-13H,14H2,1-2H3,(H,21,22). The summed E-state index contributed by atoms with van der Waals surface area (Å²) < 4.78 is 33.5. The molecule has 3 rings (SSSR count). The largest absolute Gasteiger partial charge is 0.485 e. The van der Waals surface area contributed by atoms with E-state index in [2.05, 4.69) is 9.71 Å². The highest BCUT2D eigenvalue weighted by Crippen LogP contribution is 2.25. The van der Waals surface area contributed by atoms with Gasteiger partial charge < -0.3 is 4.74 Å². The van der Waals surface area contributed by atoms with Crippen LogP contribution in [-0.4, -0.2) is 13.4 Å². The topological polar surface area (TPSA) is 68.3 Å². The van der Waals surface area contributed by atoms with Crippen LogP contribution in [0.3, 0.4) is 0 Å². The summed E-state index contributed by atoms with van der Waals surface area (Å²) in [6.45, 7) is 4.24. The second-order valence-corrected chi connectivity index (χ2v) is 7.67. The molecule has 5 nitrogen and oxygen atoms in total. The summed E-state index contributed by atoms with van der Waals surface area (Å²) >= 11 is 0. The molecule has 0 spiro atoms. The van der Waals surface area contributed by atoms with Gasteiger partial charge in [-0.25, -0.2) is 13.4 Å². The maximum Gasteiger partial charge on any atom is 0.263 e. The fraction of sp³-hybridized carbons (Fsp3) is 0.150. The number of sulfonamides is 1. The highest BCUT2D eigenvalue weighted by Gasteiger charge is 2.17. The van der Waals surface area contributed by atoms with Crippen LogP contribution in [0.25, 0.3) is 0 Å². The molecule has 0 unspecified atom stereocenters. The number of anilines is 1. The predicted molar refractivity (Wildman–Crippen MR) is 102 cm³/mol. The fourth-order valence-electron chi connectivity index (χ4n) is 2.41. The van der Waals surface area contributed by atoms with Gasteiger partial charge >= 0.3 is 0 Å². The molecule has 0 bridgehead atoms. The third kappa shape index (κ3) is 4.21. The Hall–Kier alpha value is -2.86. The van der Waals surface area contributed by atoms with Gasteiger partial charge in [-0.3, -0.25) is 4.72 Å². The molecular formula is C20H20N2O3S. The number of hydrogen-bond donors (Lipinski definition) is 1. The summed E-state index contributed by atoms with van der Waals surface area (Å²) in [6.07, 6.45) is 1.52. The van der Waals surface area contributed by atoms with Crippen molar-refractivity contribution in [2.45, 2.75) is 25.3 Å². The van der Waals surface area contributed by atoms with Gasteiger partial charge in [0.15, 0.2) is 11.6 Å². The summed E-state index contributed by atoms with van der Waals surface area (Å²) in [5.41, 5.74) is 3.13. The van der Waals surface area contributed by atoms with Crippen molar-refractivity contribution in [3.05, 3.63) is 83.6 Å². The van der Waals surface area contributed by atoms with E-state index in [0.717, 1.165) is 16.7 Å². The molecule has 0 saturated heterocycles. The van der Waals surface area contributed by atoms with E-state index in [1.165, 1.54) is 6.20 Å². The molecule has 0 aliphatic heterocycles. The van der Waals surface area contributed by atoms with E-state index in [9.17, 15) is 8.42 Å². The Bertz CT molecular complexity index is 1000. The number of hydrogen-bond acceptors (Lipinski definition) is 4. The first-order valence-corrected chi connectivity index (χ1v) is 9.66. The third-order valence-corrected chi connectivity index (χ3v) is 5.33. The van der Waals surface area contributed by atoms with Crippen molar-refractivity contribution in [3.8, 4) is 5.75 Å². The van der Waals surface area contributed by atoms with E-state index in [4.69, 9.17) is 4.74 Å². The average Bonchev–Trinajstić information content (AvgIpc) is 2.62. The first-order valence-electron chi connectivity index (χ1n) is 8.17. The molecule has 1 aromatic heterocycles. The lowest BCUT2D eigenvalue weighted by molar-refractivity contribution is 0.306. The van der Waals surface area contributed by atoms with E-state index >= 15 is 0 Å². The summed E-state index contributed by atoms with van der Waals surface area (Å²) in [4.78, 5) is 4.31. The van der Waals surface area contributed by atoms with Crippen molar-refractivity contribution in [2.24, 2.45) is 0 Å². The zero-order valence-electron chi connectivity index (χ0n) is 14.6. The molecule has 6 heteroatoms. The Morgan fingerprint density at radius 3 is 2.42 bits per heavy atom. The van der Waals surface area contributed by atoms with Crippen molar-refractivity contribution in [1.82, 2.24) is 4.98 Å². The molecule has 0 saturated carbocycles. The molecule has 134 valence electrons. The molecule has 0 amide bonds. The highest BCUT2D eigenvalue weighted by atomic mass is 32.2. The highest BCUT2D eigenvalue weighted by molar-refractivity contribution is 7.92. The van der Waals surface area contributed by atoms with Gasteiger partial charge in [0.25, 0.3) is 10.0 Å². The monoisotopic (exact) mass is 368 g/mol. The first-order chi connectivity index (χ1) is 12.5. The summed E-state index contributed by atoms with van der Waals surface area (Å²) in [7, 11) is -3.74. The van der Waals surface area contributed by atoms with E-state index in [-0.39, 0.29) is 10.7 Å². The van der Waals surface area contributed by atoms with Crippen molar-refractivity contribution in [2.75, 3.05) is 4.72 Å². The van der Waals surface area contributed by atoms with Gasteiger partial charge in [-0.05, 0) is 49.2 Å². The molecule has 1 heterocycles. The number of aryl methyl sites for hydroxylation is 2. The number of rotatable bonds is 6. The molecule has 0 aliphatic rings. The van der Waals surface area contributed by atoms with Crippen molar-refractivity contribution < 1.29 is 13.2 Å². The van der Waals surface area contributed by atoms with Gasteiger partial charge in [0.1, 0.15) is 6.61 Å². The summed E-state index contributed by atoms with van der Waals surface area (Å²) in [5, 5.41) is 0. The SMILES string of the molecule is Cc1ccc(S(=O)(=O)Nc2ncccc2OCc2ccccc2C)cc1. The van der Waals surface area contributed by atoms with Crippen LogP contribution in [-0.2, 0) is 16.6 Å². The summed E-state index contributed by atoms with van der Waals surface area (Å²) in [6, 6.07) is 17.9. The quantitative estimate of drug-likeness (QED) is 0.712. The van der Waals surface area contributed by atoms with Crippen LogP contribution in [0.1, 0.15) is 16.7 Å². The summed E-state index contributed by atoms with van der Waals surface area (Å²) in [5.74, 6) is 0.549. The zero-order chi connectivity index (χ0) is 18.6. The minimum Gasteiger partial charge on any atom is -0.485 e. The molecule has 3 aromatic rings. The fourth-order valence-corrected chi connectivity index (χ4v) is 3.43. The predicted octanol–water partition coefficient (Wildman–Crippen LogP) is 4.08. The molecule has 0 fully saturated rings. The molecule has 0 aliphatic carbocycles. The third-order valence-electron chi connectivity index (χ3n) is 3.98. The Morgan fingerprint density at radius 1 is 0.962 bits per heavy atom. The first kappa shape index (κ1) is 17.9. The Morgan fingerprint density at radius 2 is 1.69 bits per heavy atom. The minimum absolute atomic E-state index is 0.168. The molecule has 26 heavy (non-hydrogen) atoms. The van der Waals surface area contributed by atoms with E-state index in [1.54, 1.807) is 36.4 Å². The van der Waals surface area contributed by atoms with Crippen molar-refractivity contribution in [3.63, 3.8) is 0 Å². The van der Waals surface area contributed by atoms with Crippen LogP contribution in [0.15, 0.2) is 71.8 Å². The molecule has 2 aromatic carbocycles. The lowest BCUT2D eigenvalue weighted by Gasteiger charge is -2.13. The normalized spacial score (nSPS) is 11.2. The van der Waals surface area contributed by atoms with Crippen LogP contribution in [0.2, 0.25) is 0 Å². The maximum absolute atomic E-state index is 12.6. The maximum atomic E-state index is 12.6. The van der Waals surface area contributed by atoms with E-state index < -0.39 is 10.0 Å². The van der Waals surface area contributed by atoms with Crippen LogP contribution < -0.4 is 9.46 Å². The van der Waals surface area contributed by atoms with Gasteiger partial charge in [-0.2, -0.15) is 0 Å². The number of nitrogens with zero attached hydrogens (tertiary/aromatic N) is 1. The lowest BCUT2D eigenvalue weighted by atomic mass is 10.1. The van der Waals surface area contributed by atoms with Crippen LogP contribution in [0.4, 0.5) is 5.82 Å². The Balaban J connectivity index is 1.81. The Kier molecular flexibility index (Phi) is 5.23. The number of nitrogens with one attached hydrogen (secondary N) is 1. The number of ether oxygens (including phenoxy) is 1. The number of pyridine rings is 1. The van der Waals surface area contributed by atoms with Gasteiger partial charge in [0.05, 0.1) is 4.90 Å². The molecule has 0 radical (unpaired) electrons. The lowest BCUT2D eigenvalue weighted by Crippen LogP contribution is -2.15. The molecular weight excluding hydrogens is 348 g/mol. The smallest absolute Gasteiger partial charge is 0.263 e. The van der Waals surface area contributed by atoms with Gasteiger partial charge in [-0.15, -0.1) is 0 Å². The minimum atomic E-state index is -3.74. The van der Waals surface area contributed by atoms with Crippen molar-refractivity contribution in [1.29, 1.82) is 0 Å². The molecule has 1 N–H and O–H groups in total. The average molecular weight is 368 g/mol. The van der Waals surface area contributed by atoms with Crippen molar-refractivity contribution >= 4 is 15.8 Å². The van der Waals surface area contributed by atoms with Crippen LogP contribution in [0.5, 0.6) is 5.75 Å². The van der Waals surface area contributed by atoms with E-state index in [0.29, 0.717) is 12.4 Å². The second kappa shape index (κ2) is 7.58. The van der Waals surface area contributed by atoms with Crippen LogP contribution >= 0.6 is 0 Å². The Labute approximate surface area is 153 Å². The second-order valence-electron chi connectivity index (χ2n) is 5.98.